The highest BCUT2D eigenvalue weighted by Gasteiger charge is 2.19. The van der Waals surface area contributed by atoms with E-state index in [0.29, 0.717) is 6.54 Å². The molecule has 0 amide bonds. The zero-order valence-corrected chi connectivity index (χ0v) is 11.0. The maximum atomic E-state index is 13.5. The zero-order valence-electron chi connectivity index (χ0n) is 11.0. The minimum atomic E-state index is -0.827. The molecule has 0 spiro atoms. The maximum Gasteiger partial charge on any atom is 0.327 e. The second-order valence-electron chi connectivity index (χ2n) is 4.59. The highest BCUT2D eigenvalue weighted by molar-refractivity contribution is 5.62. The van der Waals surface area contributed by atoms with E-state index >= 15 is 0 Å². The fourth-order valence-corrected chi connectivity index (χ4v) is 2.01. The Bertz CT molecular complexity index is 602. The number of nitro groups is 1. The minimum absolute atomic E-state index is 0.166. The van der Waals surface area contributed by atoms with Crippen LogP contribution in [0.15, 0.2) is 48.5 Å². The Hall–Kier alpha value is -2.43. The molecule has 0 aliphatic carbocycles. The van der Waals surface area contributed by atoms with Crippen LogP contribution in [0.4, 0.5) is 15.8 Å². The van der Waals surface area contributed by atoms with E-state index in [-0.39, 0.29) is 11.6 Å². The Morgan fingerprint density at radius 3 is 2.55 bits per heavy atom. The molecule has 0 saturated heterocycles. The van der Waals surface area contributed by atoms with Crippen LogP contribution in [0.25, 0.3) is 0 Å². The van der Waals surface area contributed by atoms with Crippen LogP contribution in [0.1, 0.15) is 18.4 Å². The predicted molar refractivity (Wildman–Crippen MR) is 76.4 cm³/mol. The van der Waals surface area contributed by atoms with Gasteiger partial charge < -0.3 is 5.32 Å². The summed E-state index contributed by atoms with van der Waals surface area (Å²) < 4.78 is 13.5. The number of rotatable bonds is 5. The van der Waals surface area contributed by atoms with Gasteiger partial charge in [-0.3, -0.25) is 10.1 Å². The van der Waals surface area contributed by atoms with Crippen LogP contribution in [-0.4, -0.2) is 11.5 Å². The van der Waals surface area contributed by atoms with Crippen molar-refractivity contribution in [2.45, 2.75) is 12.8 Å². The van der Waals surface area contributed by atoms with Gasteiger partial charge in [0.15, 0.2) is 0 Å². The molecule has 20 heavy (non-hydrogen) atoms. The number of anilines is 1. The topological polar surface area (TPSA) is 55.2 Å². The van der Waals surface area contributed by atoms with Crippen molar-refractivity contribution in [3.8, 4) is 0 Å². The Balaban J connectivity index is 2.12. The van der Waals surface area contributed by atoms with Gasteiger partial charge in [0.05, 0.1) is 4.92 Å². The van der Waals surface area contributed by atoms with Gasteiger partial charge in [0.1, 0.15) is 5.69 Å². The maximum absolute atomic E-state index is 13.5. The van der Waals surface area contributed by atoms with Gasteiger partial charge in [-0.25, -0.2) is 0 Å². The Labute approximate surface area is 116 Å². The number of nitro benzene ring substituents is 1. The largest absolute Gasteiger partial charge is 0.379 e. The van der Waals surface area contributed by atoms with Gasteiger partial charge in [0.25, 0.3) is 0 Å². The number of nitrogens with one attached hydrogen (secondary N) is 1. The van der Waals surface area contributed by atoms with Gasteiger partial charge in [0, 0.05) is 6.54 Å². The highest BCUT2D eigenvalue weighted by atomic mass is 19.1. The smallest absolute Gasteiger partial charge is 0.327 e. The van der Waals surface area contributed by atoms with Gasteiger partial charge in [-0.1, -0.05) is 43.3 Å². The van der Waals surface area contributed by atoms with Crippen LogP contribution in [0, 0.1) is 15.9 Å². The van der Waals surface area contributed by atoms with Crippen molar-refractivity contribution < 1.29 is 9.31 Å². The summed E-state index contributed by atoms with van der Waals surface area (Å²) >= 11 is 0. The van der Waals surface area contributed by atoms with Crippen LogP contribution in [-0.2, 0) is 0 Å². The standard InChI is InChI=1S/C15H15FN2O2/c1-11(12-6-3-2-4-7-12)10-17-14-9-5-8-13(16)15(14)18(19)20/h2-9,11,17H,10H2,1H3. The fraction of sp³-hybridized carbons (Fsp3) is 0.200. The number of hydrogen-bond donors (Lipinski definition) is 1. The number of para-hydroxylation sites is 1. The lowest BCUT2D eigenvalue weighted by Gasteiger charge is -2.14. The molecule has 0 bridgehead atoms. The second-order valence-corrected chi connectivity index (χ2v) is 4.59. The summed E-state index contributed by atoms with van der Waals surface area (Å²) in [5, 5.41) is 13.8. The molecular formula is C15H15FN2O2. The van der Waals surface area contributed by atoms with Gasteiger partial charge >= 0.3 is 5.69 Å². The van der Waals surface area contributed by atoms with E-state index in [9.17, 15) is 14.5 Å². The van der Waals surface area contributed by atoms with Crippen LogP contribution >= 0.6 is 0 Å². The first-order chi connectivity index (χ1) is 9.59. The van der Waals surface area contributed by atoms with Crippen LogP contribution in [0.3, 0.4) is 0 Å². The molecule has 0 heterocycles. The van der Waals surface area contributed by atoms with E-state index in [2.05, 4.69) is 5.32 Å². The van der Waals surface area contributed by atoms with Gasteiger partial charge in [-0.15, -0.1) is 0 Å². The van der Waals surface area contributed by atoms with E-state index in [4.69, 9.17) is 0 Å². The van der Waals surface area contributed by atoms with E-state index in [0.717, 1.165) is 11.6 Å². The zero-order chi connectivity index (χ0) is 14.5. The lowest BCUT2D eigenvalue weighted by molar-refractivity contribution is -0.386. The summed E-state index contributed by atoms with van der Waals surface area (Å²) in [6.07, 6.45) is 0. The number of nitrogens with zero attached hydrogens (tertiary/aromatic N) is 1. The molecule has 5 heteroatoms. The fourth-order valence-electron chi connectivity index (χ4n) is 2.01. The SMILES string of the molecule is CC(CNc1cccc(F)c1[N+](=O)[O-])c1ccccc1. The van der Waals surface area contributed by atoms with Gasteiger partial charge in [-0.05, 0) is 23.6 Å². The molecule has 2 aromatic carbocycles. The lowest BCUT2D eigenvalue weighted by Crippen LogP contribution is -2.11. The van der Waals surface area contributed by atoms with Crippen molar-refractivity contribution in [2.24, 2.45) is 0 Å². The molecule has 0 aliphatic heterocycles. The molecule has 1 unspecified atom stereocenters. The van der Waals surface area contributed by atoms with Gasteiger partial charge in [0.2, 0.25) is 5.82 Å². The summed E-state index contributed by atoms with van der Waals surface area (Å²) in [6.45, 7) is 2.50. The average molecular weight is 274 g/mol. The first-order valence-corrected chi connectivity index (χ1v) is 6.31. The third kappa shape index (κ3) is 3.12. The van der Waals surface area contributed by atoms with E-state index in [1.165, 1.54) is 12.1 Å². The first kappa shape index (κ1) is 14.0. The minimum Gasteiger partial charge on any atom is -0.379 e. The average Bonchev–Trinajstić information content (AvgIpc) is 2.45. The predicted octanol–water partition coefficient (Wildman–Crippen LogP) is 3.95. The molecule has 104 valence electrons. The monoisotopic (exact) mass is 274 g/mol. The highest BCUT2D eigenvalue weighted by Crippen LogP contribution is 2.28. The summed E-state index contributed by atoms with van der Waals surface area (Å²) in [4.78, 5) is 10.2. The summed E-state index contributed by atoms with van der Waals surface area (Å²) in [7, 11) is 0. The van der Waals surface area contributed by atoms with Crippen LogP contribution in [0.2, 0.25) is 0 Å². The number of benzene rings is 2. The Kier molecular flexibility index (Phi) is 4.30. The molecule has 0 aliphatic rings. The number of halogens is 1. The summed E-state index contributed by atoms with van der Waals surface area (Å²) in [5.41, 5.74) is 0.824. The quantitative estimate of drug-likeness (QED) is 0.663. The Morgan fingerprint density at radius 2 is 1.90 bits per heavy atom. The third-order valence-electron chi connectivity index (χ3n) is 3.14. The molecule has 0 saturated carbocycles. The molecule has 4 nitrogen and oxygen atoms in total. The van der Waals surface area contributed by atoms with Crippen molar-refractivity contribution in [1.82, 2.24) is 0 Å². The van der Waals surface area contributed by atoms with Crippen molar-refractivity contribution in [3.05, 3.63) is 70.0 Å². The summed E-state index contributed by atoms with van der Waals surface area (Å²) in [5.74, 6) is -0.661. The lowest BCUT2D eigenvalue weighted by atomic mass is 10.0. The normalized spacial score (nSPS) is 11.9. The van der Waals surface area contributed by atoms with Crippen molar-refractivity contribution in [3.63, 3.8) is 0 Å². The van der Waals surface area contributed by atoms with Crippen LogP contribution < -0.4 is 5.32 Å². The number of hydrogen-bond acceptors (Lipinski definition) is 3. The van der Waals surface area contributed by atoms with E-state index < -0.39 is 16.4 Å². The van der Waals surface area contributed by atoms with Crippen molar-refractivity contribution in [2.75, 3.05) is 11.9 Å². The molecule has 0 fully saturated rings. The summed E-state index contributed by atoms with van der Waals surface area (Å²) in [6, 6.07) is 13.9. The molecule has 1 N–H and O–H groups in total. The molecule has 0 radical (unpaired) electrons. The van der Waals surface area contributed by atoms with Gasteiger partial charge in [-0.2, -0.15) is 4.39 Å². The van der Waals surface area contributed by atoms with E-state index in [1.54, 1.807) is 0 Å². The first-order valence-electron chi connectivity index (χ1n) is 6.31. The molecule has 2 aromatic rings. The van der Waals surface area contributed by atoms with Crippen LogP contribution in [0.5, 0.6) is 0 Å². The molecule has 1 atom stereocenters. The molecule has 2 rings (SSSR count). The molecular weight excluding hydrogens is 259 g/mol. The van der Waals surface area contributed by atoms with Crippen molar-refractivity contribution >= 4 is 11.4 Å². The third-order valence-corrected chi connectivity index (χ3v) is 3.14. The van der Waals surface area contributed by atoms with Crippen molar-refractivity contribution in [1.29, 1.82) is 0 Å². The Morgan fingerprint density at radius 1 is 1.20 bits per heavy atom. The molecule has 0 aromatic heterocycles. The second kappa shape index (κ2) is 6.14. The van der Waals surface area contributed by atoms with E-state index in [1.807, 2.05) is 37.3 Å².